The molecule has 0 spiro atoms. The largest absolute Gasteiger partial charge is 0.487 e. The molecular weight excluding hydrogens is 515 g/mol. The molecule has 0 radical (unpaired) electrons. The number of alkyl halides is 3. The highest BCUT2D eigenvalue weighted by atomic mass is 32.2. The van der Waals surface area contributed by atoms with Crippen LogP contribution in [0.4, 0.5) is 13.2 Å². The van der Waals surface area contributed by atoms with Gasteiger partial charge in [-0.2, -0.15) is 13.2 Å². The number of pyridine rings is 2. The molecule has 2 aromatic heterocycles. The standard InChI is InChI=1S/C28H28F3N3O3S/c29-28(30,31)22-4-5-24(33-17-22)18-37-26-7-10-34(27(35)15-26)25-6-3-20-13-19(1-2-21(20)14-25)16-32-23-8-11-38(36)12-9-23/h1-2,4-5,7,10,13-15,17,23,32H,3,6,8-9,11-12,16,18H2. The minimum Gasteiger partial charge on any atom is -0.487 e. The Morgan fingerprint density at radius 1 is 1.08 bits per heavy atom. The highest BCUT2D eigenvalue weighted by molar-refractivity contribution is 7.85. The van der Waals surface area contributed by atoms with Crippen molar-refractivity contribution in [3.8, 4) is 5.75 Å². The van der Waals surface area contributed by atoms with E-state index in [1.807, 2.05) is 6.08 Å². The zero-order valence-electron chi connectivity index (χ0n) is 20.7. The van der Waals surface area contributed by atoms with Gasteiger partial charge >= 0.3 is 6.18 Å². The van der Waals surface area contributed by atoms with Gasteiger partial charge in [0.15, 0.2) is 0 Å². The van der Waals surface area contributed by atoms with E-state index in [1.54, 1.807) is 16.8 Å². The van der Waals surface area contributed by atoms with Gasteiger partial charge in [0.1, 0.15) is 12.4 Å². The highest BCUT2D eigenvalue weighted by Crippen LogP contribution is 2.29. The molecule has 1 fully saturated rings. The molecule has 1 aromatic carbocycles. The summed E-state index contributed by atoms with van der Waals surface area (Å²) in [4.78, 5) is 16.6. The van der Waals surface area contributed by atoms with Crippen LogP contribution in [0.2, 0.25) is 0 Å². The maximum Gasteiger partial charge on any atom is 0.417 e. The van der Waals surface area contributed by atoms with Crippen molar-refractivity contribution in [2.24, 2.45) is 0 Å². The first-order valence-electron chi connectivity index (χ1n) is 12.5. The SMILES string of the molecule is O=c1cc(OCc2ccc(C(F)(F)F)cn2)ccn1C1=Cc2ccc(CNC3CCS(=O)CC3)cc2CC1. The van der Waals surface area contributed by atoms with Gasteiger partial charge in [0.2, 0.25) is 0 Å². The number of hydrogen-bond donors (Lipinski definition) is 1. The summed E-state index contributed by atoms with van der Waals surface area (Å²) in [6, 6.07) is 12.1. The average Bonchev–Trinajstić information content (AvgIpc) is 2.91. The third kappa shape index (κ3) is 6.42. The second-order valence-corrected chi connectivity index (χ2v) is 11.3. The fraction of sp³-hybridized carbons (Fsp3) is 0.357. The highest BCUT2D eigenvalue weighted by Gasteiger charge is 2.30. The fourth-order valence-corrected chi connectivity index (χ4v) is 6.01. The summed E-state index contributed by atoms with van der Waals surface area (Å²) in [7, 11) is -0.657. The van der Waals surface area contributed by atoms with Gasteiger partial charge in [0, 0.05) is 59.0 Å². The predicted molar refractivity (Wildman–Crippen MR) is 141 cm³/mol. The van der Waals surface area contributed by atoms with Gasteiger partial charge in [-0.3, -0.25) is 18.6 Å². The lowest BCUT2D eigenvalue weighted by Gasteiger charge is -2.23. The van der Waals surface area contributed by atoms with Gasteiger partial charge in [-0.25, -0.2) is 0 Å². The molecule has 2 aliphatic rings. The number of benzene rings is 1. The Morgan fingerprint density at radius 3 is 2.61 bits per heavy atom. The Morgan fingerprint density at radius 2 is 1.89 bits per heavy atom. The molecule has 0 unspecified atom stereocenters. The van der Waals surface area contributed by atoms with Crippen LogP contribution >= 0.6 is 0 Å². The monoisotopic (exact) mass is 543 g/mol. The van der Waals surface area contributed by atoms with Crippen LogP contribution in [0.25, 0.3) is 11.8 Å². The molecule has 6 nitrogen and oxygen atoms in total. The topological polar surface area (TPSA) is 73.2 Å². The first-order valence-corrected chi connectivity index (χ1v) is 14.0. The first-order chi connectivity index (χ1) is 18.2. The van der Waals surface area contributed by atoms with Crippen LogP contribution in [-0.2, 0) is 36.5 Å². The molecule has 38 heavy (non-hydrogen) atoms. The number of allylic oxidation sites excluding steroid dienone is 1. The van der Waals surface area contributed by atoms with Crippen molar-refractivity contribution in [1.82, 2.24) is 14.9 Å². The number of aryl methyl sites for hydroxylation is 1. The van der Waals surface area contributed by atoms with E-state index in [0.717, 1.165) is 60.8 Å². The van der Waals surface area contributed by atoms with Gasteiger partial charge < -0.3 is 10.1 Å². The molecule has 0 amide bonds. The molecule has 200 valence electrons. The molecule has 10 heteroatoms. The molecular formula is C28H28F3N3O3S. The number of ether oxygens (including phenoxy) is 1. The van der Waals surface area contributed by atoms with E-state index in [4.69, 9.17) is 4.74 Å². The van der Waals surface area contributed by atoms with Gasteiger partial charge in [-0.15, -0.1) is 0 Å². The van der Waals surface area contributed by atoms with Crippen molar-refractivity contribution < 1.29 is 22.1 Å². The summed E-state index contributed by atoms with van der Waals surface area (Å²) in [6.07, 6.45) is 3.46. The quantitative estimate of drug-likeness (QED) is 0.464. The summed E-state index contributed by atoms with van der Waals surface area (Å²) in [6.45, 7) is 0.735. The lowest BCUT2D eigenvalue weighted by molar-refractivity contribution is -0.137. The third-order valence-electron chi connectivity index (χ3n) is 6.90. The molecule has 0 bridgehead atoms. The molecule has 3 heterocycles. The molecule has 1 N–H and O–H groups in total. The number of nitrogens with one attached hydrogen (secondary N) is 1. The molecule has 1 aliphatic heterocycles. The zero-order chi connectivity index (χ0) is 26.7. The maximum atomic E-state index is 12.8. The molecule has 0 saturated carbocycles. The summed E-state index contributed by atoms with van der Waals surface area (Å²) < 4.78 is 56.8. The number of halogens is 3. The number of fused-ring (bicyclic) bond motifs is 1. The van der Waals surface area contributed by atoms with E-state index >= 15 is 0 Å². The Bertz CT molecular complexity index is 1410. The van der Waals surface area contributed by atoms with Crippen molar-refractivity contribution in [1.29, 1.82) is 0 Å². The second kappa shape index (κ2) is 11.2. The molecule has 3 aromatic rings. The van der Waals surface area contributed by atoms with Crippen LogP contribution in [-0.4, -0.2) is 31.3 Å². The van der Waals surface area contributed by atoms with Crippen molar-refractivity contribution in [3.05, 3.63) is 93.2 Å². The van der Waals surface area contributed by atoms with E-state index in [9.17, 15) is 22.2 Å². The van der Waals surface area contributed by atoms with Gasteiger partial charge in [-0.05, 0) is 66.6 Å². The molecule has 5 rings (SSSR count). The summed E-state index contributed by atoms with van der Waals surface area (Å²) in [5.74, 6) is 1.88. The minimum absolute atomic E-state index is 0.0465. The van der Waals surface area contributed by atoms with E-state index in [0.29, 0.717) is 23.9 Å². The van der Waals surface area contributed by atoms with Crippen LogP contribution in [0.15, 0.2) is 59.7 Å². The van der Waals surface area contributed by atoms with E-state index in [1.165, 1.54) is 23.3 Å². The zero-order valence-corrected chi connectivity index (χ0v) is 21.5. The molecule has 0 atom stereocenters. The molecule has 1 saturated heterocycles. The second-order valence-electron chi connectivity index (χ2n) is 9.57. The van der Waals surface area contributed by atoms with Crippen molar-refractivity contribution in [3.63, 3.8) is 0 Å². The molecule has 1 aliphatic carbocycles. The van der Waals surface area contributed by atoms with Gasteiger partial charge in [0.05, 0.1) is 11.3 Å². The van der Waals surface area contributed by atoms with Crippen molar-refractivity contribution in [2.75, 3.05) is 11.5 Å². The number of hydrogen-bond acceptors (Lipinski definition) is 5. The Hall–Kier alpha value is -3.24. The summed E-state index contributed by atoms with van der Waals surface area (Å²) in [5, 5.41) is 3.59. The summed E-state index contributed by atoms with van der Waals surface area (Å²) in [5.41, 5.74) is 3.70. The predicted octanol–water partition coefficient (Wildman–Crippen LogP) is 4.79. The van der Waals surface area contributed by atoms with Gasteiger partial charge in [-0.1, -0.05) is 18.2 Å². The van der Waals surface area contributed by atoms with E-state index in [2.05, 4.69) is 28.5 Å². The fourth-order valence-electron chi connectivity index (χ4n) is 4.71. The van der Waals surface area contributed by atoms with Crippen LogP contribution in [0.5, 0.6) is 5.75 Å². The minimum atomic E-state index is -4.44. The van der Waals surface area contributed by atoms with Gasteiger partial charge in [0.25, 0.3) is 5.56 Å². The maximum absolute atomic E-state index is 12.8. The smallest absolute Gasteiger partial charge is 0.417 e. The lowest BCUT2D eigenvalue weighted by atomic mass is 9.93. The number of rotatable bonds is 7. The van der Waals surface area contributed by atoms with E-state index in [-0.39, 0.29) is 12.2 Å². The third-order valence-corrected chi connectivity index (χ3v) is 8.28. The number of aromatic nitrogens is 2. The summed E-state index contributed by atoms with van der Waals surface area (Å²) >= 11 is 0. The van der Waals surface area contributed by atoms with Crippen molar-refractivity contribution in [2.45, 2.75) is 51.1 Å². The Balaban J connectivity index is 1.21. The van der Waals surface area contributed by atoms with Crippen LogP contribution < -0.4 is 15.6 Å². The Labute approximate surface area is 221 Å². The van der Waals surface area contributed by atoms with Crippen molar-refractivity contribution >= 4 is 22.6 Å². The average molecular weight is 544 g/mol. The first kappa shape index (κ1) is 26.4. The normalized spacial score (nSPS) is 19.5. The lowest BCUT2D eigenvalue weighted by Crippen LogP contribution is -2.35. The van der Waals surface area contributed by atoms with Crippen LogP contribution in [0.1, 0.15) is 47.2 Å². The van der Waals surface area contributed by atoms with Crippen LogP contribution in [0.3, 0.4) is 0 Å². The van der Waals surface area contributed by atoms with Crippen LogP contribution in [0, 0.1) is 0 Å². The van der Waals surface area contributed by atoms with E-state index < -0.39 is 22.5 Å². The Kier molecular flexibility index (Phi) is 7.80. The number of nitrogens with zero attached hydrogens (tertiary/aromatic N) is 2.